The maximum absolute atomic E-state index is 12.6. The molecule has 0 aromatic heterocycles. The monoisotopic (exact) mass is 352 g/mol. The van der Waals surface area contributed by atoms with Crippen molar-refractivity contribution >= 4 is 34.0 Å². The molecule has 0 amide bonds. The van der Waals surface area contributed by atoms with Crippen molar-refractivity contribution < 1.29 is 8.42 Å². The highest BCUT2D eigenvalue weighted by atomic mass is 35.5. The van der Waals surface area contributed by atoms with E-state index >= 15 is 0 Å². The number of hydrogen-bond donors (Lipinski definition) is 1. The van der Waals surface area contributed by atoms with Crippen LogP contribution in [0.3, 0.4) is 0 Å². The molecule has 0 saturated carbocycles. The van der Waals surface area contributed by atoms with Crippen LogP contribution in [0.5, 0.6) is 0 Å². The van der Waals surface area contributed by atoms with Gasteiger partial charge in [0, 0.05) is 24.2 Å². The maximum Gasteiger partial charge on any atom is 0.243 e. The molecule has 21 heavy (non-hydrogen) atoms. The van der Waals surface area contributed by atoms with Gasteiger partial charge in [0.15, 0.2) is 0 Å². The van der Waals surface area contributed by atoms with Crippen molar-refractivity contribution in [2.45, 2.75) is 37.6 Å². The number of halogens is 2. The van der Waals surface area contributed by atoms with Crippen LogP contribution < -0.4 is 5.73 Å². The van der Waals surface area contributed by atoms with Crippen LogP contribution in [0.4, 0.5) is 0 Å². The van der Waals surface area contributed by atoms with Crippen molar-refractivity contribution in [1.29, 1.82) is 0 Å². The van der Waals surface area contributed by atoms with Crippen LogP contribution in [0.25, 0.3) is 0 Å². The number of nitrogens with two attached hydrogens (primary N) is 1. The molecule has 2 rings (SSSR count). The molecule has 1 aromatic rings. The molecule has 0 radical (unpaired) electrons. The number of hydrogen-bond acceptors (Lipinski definition) is 3. The quantitative estimate of drug-likeness (QED) is 0.909. The highest BCUT2D eigenvalue weighted by Crippen LogP contribution is 2.27. The second kappa shape index (κ2) is 7.29. The van der Waals surface area contributed by atoms with Gasteiger partial charge in [-0.25, -0.2) is 8.42 Å². The molecule has 1 aromatic carbocycles. The molecule has 0 bridgehead atoms. The summed E-state index contributed by atoms with van der Waals surface area (Å²) >= 11 is 5.88. The second-order valence-corrected chi connectivity index (χ2v) is 7.85. The Bertz CT molecular complexity index is 583. The van der Waals surface area contributed by atoms with Crippen molar-refractivity contribution in [3.8, 4) is 0 Å². The summed E-state index contributed by atoms with van der Waals surface area (Å²) in [4.78, 5) is 0.348. The smallest absolute Gasteiger partial charge is 0.243 e. The van der Waals surface area contributed by atoms with Gasteiger partial charge in [0.25, 0.3) is 0 Å². The van der Waals surface area contributed by atoms with E-state index in [1.54, 1.807) is 29.4 Å². The van der Waals surface area contributed by atoms with Gasteiger partial charge in [-0.2, -0.15) is 4.31 Å². The average Bonchev–Trinajstić information content (AvgIpc) is 2.38. The van der Waals surface area contributed by atoms with E-state index in [1.807, 2.05) is 6.92 Å². The zero-order valence-corrected chi connectivity index (χ0v) is 14.6. The molecule has 1 atom stereocenters. The van der Waals surface area contributed by atoms with Crippen molar-refractivity contribution in [1.82, 2.24) is 4.31 Å². The fraction of sp³-hybridized carbons (Fsp3) is 0.571. The number of piperidine rings is 1. The van der Waals surface area contributed by atoms with Crippen LogP contribution >= 0.6 is 24.0 Å². The molecular formula is C14H22Cl2N2O2S. The highest BCUT2D eigenvalue weighted by molar-refractivity contribution is 7.89. The topological polar surface area (TPSA) is 63.4 Å². The standard InChI is InChI=1S/C14H21ClN2O2S.ClH/c1-10-9-13(15)3-4-14(10)20(18,19)17-7-5-12(6-8-17)11(2)16;/h3-4,9,11-12H,5-8,16H2,1-2H3;1H. The van der Waals surface area contributed by atoms with Crippen LogP contribution in [0, 0.1) is 12.8 Å². The first kappa shape index (κ1) is 18.7. The molecule has 1 unspecified atom stereocenters. The van der Waals surface area contributed by atoms with Gasteiger partial charge in [0.2, 0.25) is 10.0 Å². The van der Waals surface area contributed by atoms with Crippen LogP contribution in [-0.4, -0.2) is 31.9 Å². The zero-order chi connectivity index (χ0) is 14.9. The second-order valence-electron chi connectivity index (χ2n) is 5.51. The Kier molecular flexibility index (Phi) is 6.50. The van der Waals surface area contributed by atoms with Crippen molar-refractivity contribution in [3.05, 3.63) is 28.8 Å². The predicted octanol–water partition coefficient (Wildman–Crippen LogP) is 2.82. The molecule has 1 fully saturated rings. The number of sulfonamides is 1. The molecule has 2 N–H and O–H groups in total. The number of aryl methyl sites for hydroxylation is 1. The lowest BCUT2D eigenvalue weighted by Crippen LogP contribution is -2.42. The fourth-order valence-corrected chi connectivity index (χ4v) is 4.59. The fourth-order valence-electron chi connectivity index (χ4n) is 2.68. The van der Waals surface area contributed by atoms with Gasteiger partial charge in [-0.1, -0.05) is 11.6 Å². The van der Waals surface area contributed by atoms with Crippen molar-refractivity contribution in [2.75, 3.05) is 13.1 Å². The van der Waals surface area contributed by atoms with Crippen LogP contribution in [0.2, 0.25) is 5.02 Å². The van der Waals surface area contributed by atoms with E-state index in [1.165, 1.54) is 0 Å². The van der Waals surface area contributed by atoms with E-state index in [4.69, 9.17) is 17.3 Å². The predicted molar refractivity (Wildman–Crippen MR) is 88.6 cm³/mol. The summed E-state index contributed by atoms with van der Waals surface area (Å²) in [7, 11) is -3.42. The normalized spacial score (nSPS) is 19.0. The van der Waals surface area contributed by atoms with Crippen LogP contribution in [0.1, 0.15) is 25.3 Å². The van der Waals surface area contributed by atoms with E-state index in [0.717, 1.165) is 12.8 Å². The van der Waals surface area contributed by atoms with Crippen molar-refractivity contribution in [2.24, 2.45) is 11.7 Å². The lowest BCUT2D eigenvalue weighted by atomic mass is 9.92. The third kappa shape index (κ3) is 4.11. The first-order valence-corrected chi connectivity index (χ1v) is 8.66. The lowest BCUT2D eigenvalue weighted by molar-refractivity contribution is 0.250. The Morgan fingerprint density at radius 3 is 2.38 bits per heavy atom. The van der Waals surface area contributed by atoms with Gasteiger partial charge in [-0.3, -0.25) is 0 Å². The molecule has 1 aliphatic heterocycles. The number of nitrogens with zero attached hydrogens (tertiary/aromatic N) is 1. The van der Waals surface area contributed by atoms with Crippen molar-refractivity contribution in [3.63, 3.8) is 0 Å². The Morgan fingerprint density at radius 2 is 1.90 bits per heavy atom. The molecule has 120 valence electrons. The highest BCUT2D eigenvalue weighted by Gasteiger charge is 2.31. The molecule has 4 nitrogen and oxygen atoms in total. The summed E-state index contributed by atoms with van der Waals surface area (Å²) in [5, 5.41) is 0.553. The zero-order valence-electron chi connectivity index (χ0n) is 12.3. The third-order valence-electron chi connectivity index (χ3n) is 4.00. The van der Waals surface area contributed by atoms with Gasteiger partial charge in [-0.15, -0.1) is 12.4 Å². The van der Waals surface area contributed by atoms with E-state index < -0.39 is 10.0 Å². The van der Waals surface area contributed by atoms with Gasteiger partial charge in [0.05, 0.1) is 4.90 Å². The van der Waals surface area contributed by atoms with Crippen LogP contribution in [0.15, 0.2) is 23.1 Å². The minimum absolute atomic E-state index is 0. The SMILES string of the molecule is Cc1cc(Cl)ccc1S(=O)(=O)N1CCC(C(C)N)CC1.Cl. The number of rotatable bonds is 3. The summed E-state index contributed by atoms with van der Waals surface area (Å²) in [6.07, 6.45) is 1.65. The largest absolute Gasteiger partial charge is 0.328 e. The summed E-state index contributed by atoms with van der Waals surface area (Å²) < 4.78 is 26.9. The van der Waals surface area contributed by atoms with E-state index in [2.05, 4.69) is 0 Å². The van der Waals surface area contributed by atoms with Gasteiger partial charge < -0.3 is 5.73 Å². The summed E-state index contributed by atoms with van der Waals surface area (Å²) in [5.74, 6) is 0.410. The minimum atomic E-state index is -3.42. The first-order valence-electron chi connectivity index (χ1n) is 6.84. The first-order chi connectivity index (χ1) is 9.32. The van der Waals surface area contributed by atoms with Crippen LogP contribution in [-0.2, 0) is 10.0 Å². The Hall–Kier alpha value is -0.330. The van der Waals surface area contributed by atoms with E-state index in [-0.39, 0.29) is 18.4 Å². The molecule has 1 aliphatic rings. The van der Waals surface area contributed by atoms with E-state index in [9.17, 15) is 8.42 Å². The number of benzene rings is 1. The summed E-state index contributed by atoms with van der Waals surface area (Å²) in [6, 6.07) is 5.02. The van der Waals surface area contributed by atoms with Gasteiger partial charge in [0.1, 0.15) is 0 Å². The molecule has 7 heteroatoms. The molecule has 1 heterocycles. The molecule has 1 saturated heterocycles. The Balaban J connectivity index is 0.00000220. The van der Waals surface area contributed by atoms with E-state index in [0.29, 0.717) is 34.5 Å². The molecular weight excluding hydrogens is 331 g/mol. The molecule has 0 aliphatic carbocycles. The third-order valence-corrected chi connectivity index (χ3v) is 6.29. The average molecular weight is 353 g/mol. The van der Waals surface area contributed by atoms with Gasteiger partial charge in [-0.05, 0) is 56.4 Å². The Morgan fingerprint density at radius 1 is 1.33 bits per heavy atom. The Labute approximate surface area is 138 Å². The molecule has 0 spiro atoms. The summed E-state index contributed by atoms with van der Waals surface area (Å²) in [5.41, 5.74) is 6.58. The van der Waals surface area contributed by atoms with Gasteiger partial charge >= 0.3 is 0 Å². The summed E-state index contributed by atoms with van der Waals surface area (Å²) in [6.45, 7) is 4.83. The minimum Gasteiger partial charge on any atom is -0.328 e. The maximum atomic E-state index is 12.6. The lowest BCUT2D eigenvalue weighted by Gasteiger charge is -2.33.